The summed E-state index contributed by atoms with van der Waals surface area (Å²) < 4.78 is 15.7. The second kappa shape index (κ2) is 13.1. The highest BCUT2D eigenvalue weighted by molar-refractivity contribution is 7.25. The maximum atomic E-state index is 6.75. The van der Waals surface area contributed by atoms with Crippen molar-refractivity contribution in [1.29, 1.82) is 0 Å². The van der Waals surface area contributed by atoms with Crippen molar-refractivity contribution in [3.05, 3.63) is 188 Å². The van der Waals surface area contributed by atoms with Crippen LogP contribution in [0.15, 0.2) is 191 Å². The van der Waals surface area contributed by atoms with E-state index in [0.29, 0.717) is 0 Å². The van der Waals surface area contributed by atoms with Crippen molar-refractivity contribution >= 4 is 125 Å². The van der Waals surface area contributed by atoms with E-state index in [0.717, 1.165) is 72.1 Å². The molecule has 3 heterocycles. The Kier molecular flexibility index (Phi) is 7.44. The van der Waals surface area contributed by atoms with E-state index in [-0.39, 0.29) is 5.41 Å². The number of rotatable bonds is 4. The highest BCUT2D eigenvalue weighted by Crippen LogP contribution is 2.46. The summed E-state index contributed by atoms with van der Waals surface area (Å²) in [6.07, 6.45) is 0. The van der Waals surface area contributed by atoms with Crippen LogP contribution in [-0.2, 0) is 5.41 Å². The Morgan fingerprint density at radius 3 is 1.68 bits per heavy atom. The minimum absolute atomic E-state index is 0.0821. The Morgan fingerprint density at radius 1 is 0.371 bits per heavy atom. The summed E-state index contributed by atoms with van der Waals surface area (Å²) in [6, 6.07) is 66.5. The van der Waals surface area contributed by atoms with Gasteiger partial charge in [0.25, 0.3) is 0 Å². The van der Waals surface area contributed by atoms with Gasteiger partial charge in [-0.3, -0.25) is 0 Å². The van der Waals surface area contributed by atoms with Crippen LogP contribution in [0.2, 0.25) is 0 Å². The lowest BCUT2D eigenvalue weighted by atomic mass is 9.86. The van der Waals surface area contributed by atoms with Crippen molar-refractivity contribution in [3.63, 3.8) is 0 Å². The zero-order chi connectivity index (χ0) is 41.3. The molecule has 0 aliphatic carbocycles. The van der Waals surface area contributed by atoms with E-state index in [9.17, 15) is 0 Å². The molecule has 0 amide bonds. The topological polar surface area (TPSA) is 29.5 Å². The van der Waals surface area contributed by atoms with E-state index in [1.165, 1.54) is 58.1 Å². The Balaban J connectivity index is 1.06. The molecule has 3 nitrogen and oxygen atoms in total. The summed E-state index contributed by atoms with van der Waals surface area (Å²) in [7, 11) is 0. The molecule has 13 aromatic rings. The van der Waals surface area contributed by atoms with E-state index >= 15 is 0 Å². The van der Waals surface area contributed by atoms with E-state index in [1.807, 2.05) is 23.5 Å². The van der Waals surface area contributed by atoms with E-state index in [4.69, 9.17) is 8.83 Å². The van der Waals surface area contributed by atoms with Crippen LogP contribution >= 0.6 is 11.3 Å². The SMILES string of the molecule is CC(C)(C)c1ccc(-c2cccc3c2oc2ccc(N(c4ccc5oc6ccccc6c5c4)c4ccc5c6ccccc6c6cc7sc8ccccc8c7cc6c5c4)cc23)cc1. The van der Waals surface area contributed by atoms with Crippen LogP contribution in [0.3, 0.4) is 0 Å². The largest absolute Gasteiger partial charge is 0.456 e. The van der Waals surface area contributed by atoms with Gasteiger partial charge in [-0.05, 0) is 122 Å². The standard InChI is InChI=1S/C58H39NO2S/c1-58(2,3)35-21-19-34(20-22-35)39-15-10-16-45-50-31-38(25-28-54(50)61-57(39)45)59(37-24-27-53-49(30-37)43-13-6-8-17-52(43)60-53)36-23-26-42-40-11-4-5-12-41(40)48-33-56-51(32-47(48)46(42)29-36)44-14-7-9-18-55(44)62-56/h4-33H,1-3H3. The molecule has 0 radical (unpaired) electrons. The summed E-state index contributed by atoms with van der Waals surface area (Å²) in [6.45, 7) is 6.76. The van der Waals surface area contributed by atoms with Gasteiger partial charge in [-0.2, -0.15) is 0 Å². The fourth-order valence-electron chi connectivity index (χ4n) is 9.90. The van der Waals surface area contributed by atoms with Gasteiger partial charge in [0.05, 0.1) is 0 Å². The maximum Gasteiger partial charge on any atom is 0.143 e. The van der Waals surface area contributed by atoms with Crippen LogP contribution in [0.4, 0.5) is 17.1 Å². The monoisotopic (exact) mass is 813 g/mol. The van der Waals surface area contributed by atoms with Crippen LogP contribution in [0.5, 0.6) is 0 Å². The number of para-hydroxylation sites is 2. The third-order valence-electron chi connectivity index (χ3n) is 13.0. The van der Waals surface area contributed by atoms with E-state index < -0.39 is 0 Å². The maximum absolute atomic E-state index is 6.75. The van der Waals surface area contributed by atoms with Gasteiger partial charge in [-0.15, -0.1) is 11.3 Å². The molecular formula is C58H39NO2S. The van der Waals surface area contributed by atoms with Gasteiger partial charge in [0.2, 0.25) is 0 Å². The number of fused-ring (bicyclic) bond motifs is 15. The number of hydrogen-bond donors (Lipinski definition) is 0. The first-order chi connectivity index (χ1) is 30.3. The van der Waals surface area contributed by atoms with Crippen LogP contribution < -0.4 is 4.90 Å². The molecule has 0 fully saturated rings. The third-order valence-corrected chi connectivity index (χ3v) is 14.1. The summed E-state index contributed by atoms with van der Waals surface area (Å²) in [4.78, 5) is 2.40. The molecule has 0 atom stereocenters. The van der Waals surface area contributed by atoms with Crippen molar-refractivity contribution in [1.82, 2.24) is 0 Å². The average Bonchev–Trinajstić information content (AvgIpc) is 3.99. The van der Waals surface area contributed by atoms with Gasteiger partial charge in [-0.1, -0.05) is 130 Å². The number of hydrogen-bond acceptors (Lipinski definition) is 4. The summed E-state index contributed by atoms with van der Waals surface area (Å²) in [5.74, 6) is 0. The predicted octanol–water partition coefficient (Wildman–Crippen LogP) is 17.7. The van der Waals surface area contributed by atoms with Crippen molar-refractivity contribution in [2.24, 2.45) is 0 Å². The number of thiophene rings is 1. The highest BCUT2D eigenvalue weighted by Gasteiger charge is 2.21. The molecule has 0 unspecified atom stereocenters. The fraction of sp³-hybridized carbons (Fsp3) is 0.0690. The lowest BCUT2D eigenvalue weighted by molar-refractivity contribution is 0.590. The number of anilines is 3. The summed E-state index contributed by atoms with van der Waals surface area (Å²) in [5.41, 5.74) is 10.3. The van der Waals surface area contributed by atoms with Crippen molar-refractivity contribution in [2.75, 3.05) is 4.90 Å². The second-order valence-electron chi connectivity index (χ2n) is 17.7. The van der Waals surface area contributed by atoms with Crippen molar-refractivity contribution in [2.45, 2.75) is 26.2 Å². The quantitative estimate of drug-likeness (QED) is 0.166. The second-order valence-corrected chi connectivity index (χ2v) is 18.8. The van der Waals surface area contributed by atoms with Gasteiger partial charge in [-0.25, -0.2) is 0 Å². The molecule has 3 aromatic heterocycles. The minimum atomic E-state index is 0.0821. The minimum Gasteiger partial charge on any atom is -0.456 e. The number of furan rings is 2. The molecule has 0 N–H and O–H groups in total. The Hall–Kier alpha value is -7.40. The molecular weight excluding hydrogens is 775 g/mol. The lowest BCUT2D eigenvalue weighted by Gasteiger charge is -2.26. The molecule has 10 aromatic carbocycles. The summed E-state index contributed by atoms with van der Waals surface area (Å²) >= 11 is 1.87. The number of nitrogens with zero attached hydrogens (tertiary/aromatic N) is 1. The van der Waals surface area contributed by atoms with E-state index in [2.05, 4.69) is 196 Å². The normalized spacial score (nSPS) is 12.4. The lowest BCUT2D eigenvalue weighted by Crippen LogP contribution is -2.10. The molecule has 0 aliphatic rings. The smallest absolute Gasteiger partial charge is 0.143 e. The summed E-state index contributed by atoms with van der Waals surface area (Å²) in [5, 5.41) is 14.5. The fourth-order valence-corrected chi connectivity index (χ4v) is 11.0. The van der Waals surface area contributed by atoms with Crippen LogP contribution in [0.1, 0.15) is 26.3 Å². The molecule has 0 bridgehead atoms. The molecule has 13 rings (SSSR count). The van der Waals surface area contributed by atoms with Crippen molar-refractivity contribution < 1.29 is 8.83 Å². The Morgan fingerprint density at radius 2 is 0.919 bits per heavy atom. The van der Waals surface area contributed by atoms with Crippen molar-refractivity contribution in [3.8, 4) is 11.1 Å². The molecule has 294 valence electrons. The van der Waals surface area contributed by atoms with Gasteiger partial charge in [0.15, 0.2) is 0 Å². The zero-order valence-electron chi connectivity index (χ0n) is 34.5. The van der Waals surface area contributed by atoms with Gasteiger partial charge in [0.1, 0.15) is 22.3 Å². The van der Waals surface area contributed by atoms with Gasteiger partial charge < -0.3 is 13.7 Å². The number of benzene rings is 10. The third kappa shape index (κ3) is 5.30. The molecule has 0 spiro atoms. The zero-order valence-corrected chi connectivity index (χ0v) is 35.3. The molecule has 0 saturated heterocycles. The molecule has 0 aliphatic heterocycles. The molecule has 4 heteroatoms. The first kappa shape index (κ1) is 35.4. The van der Waals surface area contributed by atoms with Crippen LogP contribution in [-0.4, -0.2) is 0 Å². The van der Waals surface area contributed by atoms with Crippen LogP contribution in [0.25, 0.3) is 107 Å². The Labute approximate surface area is 361 Å². The van der Waals surface area contributed by atoms with Gasteiger partial charge in [0, 0.05) is 64.3 Å². The Bertz CT molecular complexity index is 3970. The predicted molar refractivity (Wildman–Crippen MR) is 265 cm³/mol. The average molecular weight is 814 g/mol. The highest BCUT2D eigenvalue weighted by atomic mass is 32.1. The molecule has 62 heavy (non-hydrogen) atoms. The van der Waals surface area contributed by atoms with Crippen LogP contribution in [0, 0.1) is 0 Å². The van der Waals surface area contributed by atoms with E-state index in [1.54, 1.807) is 0 Å². The first-order valence-electron chi connectivity index (χ1n) is 21.3. The van der Waals surface area contributed by atoms with Gasteiger partial charge >= 0.3 is 0 Å². The first-order valence-corrected chi connectivity index (χ1v) is 22.1. The molecule has 0 saturated carbocycles.